The number of carbonyl (C=O) groups is 1. The average molecular weight is 321 g/mol. The molecule has 2 rings (SSSR count). The zero-order chi connectivity index (χ0) is 16.3. The first-order valence-electron chi connectivity index (χ1n) is 7.43. The molecule has 1 N–H and O–H groups in total. The van der Waals surface area contributed by atoms with Crippen LogP contribution < -0.4 is 0 Å². The van der Waals surface area contributed by atoms with Crippen LogP contribution >= 0.6 is 11.8 Å². The van der Waals surface area contributed by atoms with Crippen molar-refractivity contribution >= 4 is 17.5 Å². The lowest BCUT2D eigenvalue weighted by molar-refractivity contribution is 0.102. The van der Waals surface area contributed by atoms with Gasteiger partial charge in [-0.1, -0.05) is 18.7 Å². The Bertz CT molecular complexity index is 673. The van der Waals surface area contributed by atoms with Crippen LogP contribution in [0.5, 0.6) is 0 Å². The summed E-state index contributed by atoms with van der Waals surface area (Å²) in [5.41, 5.74) is 3.72. The molecule has 0 saturated heterocycles. The molecule has 6 heteroatoms. The largest absolute Gasteiger partial charge is 0.390 e. The molecule has 0 fully saturated rings. The summed E-state index contributed by atoms with van der Waals surface area (Å²) in [6, 6.07) is 1.98. The highest BCUT2D eigenvalue weighted by Crippen LogP contribution is 2.22. The van der Waals surface area contributed by atoms with E-state index in [1.54, 1.807) is 6.20 Å². The van der Waals surface area contributed by atoms with Crippen molar-refractivity contribution in [3.05, 3.63) is 34.9 Å². The van der Waals surface area contributed by atoms with Crippen LogP contribution in [0.25, 0.3) is 0 Å². The SMILES string of the molecule is CCCn1c(C)cc(C(=O)CSc2ncc(CO)n2C)c1C. The molecule has 0 saturated carbocycles. The lowest BCUT2D eigenvalue weighted by Gasteiger charge is -2.07. The molecule has 2 aromatic heterocycles. The van der Waals surface area contributed by atoms with Gasteiger partial charge in [0.15, 0.2) is 10.9 Å². The van der Waals surface area contributed by atoms with Crippen LogP contribution in [-0.2, 0) is 20.2 Å². The molecule has 5 nitrogen and oxygen atoms in total. The van der Waals surface area contributed by atoms with Gasteiger partial charge in [-0.2, -0.15) is 0 Å². The molecule has 0 aliphatic carbocycles. The summed E-state index contributed by atoms with van der Waals surface area (Å²) in [6.07, 6.45) is 2.69. The second kappa shape index (κ2) is 7.15. The van der Waals surface area contributed by atoms with Gasteiger partial charge in [-0.25, -0.2) is 4.98 Å². The smallest absolute Gasteiger partial charge is 0.175 e. The minimum Gasteiger partial charge on any atom is -0.390 e. The molecular formula is C16H23N3O2S. The Labute approximate surface area is 135 Å². The summed E-state index contributed by atoms with van der Waals surface area (Å²) in [7, 11) is 1.85. The predicted octanol–water partition coefficient (Wildman–Crippen LogP) is 2.72. The zero-order valence-corrected chi connectivity index (χ0v) is 14.4. The first-order chi connectivity index (χ1) is 10.5. The van der Waals surface area contributed by atoms with Gasteiger partial charge >= 0.3 is 0 Å². The minimum absolute atomic E-state index is 0.0455. The zero-order valence-electron chi connectivity index (χ0n) is 13.6. The molecular weight excluding hydrogens is 298 g/mol. The van der Waals surface area contributed by atoms with E-state index < -0.39 is 0 Å². The van der Waals surface area contributed by atoms with Crippen molar-refractivity contribution < 1.29 is 9.90 Å². The van der Waals surface area contributed by atoms with Crippen molar-refractivity contribution in [1.29, 1.82) is 0 Å². The van der Waals surface area contributed by atoms with Crippen molar-refractivity contribution in [2.75, 3.05) is 5.75 Å². The second-order valence-electron chi connectivity index (χ2n) is 5.40. The van der Waals surface area contributed by atoms with Crippen LogP contribution in [0.15, 0.2) is 17.4 Å². The Morgan fingerprint density at radius 1 is 1.41 bits per heavy atom. The fraction of sp³-hybridized carbons (Fsp3) is 0.500. The number of imidazole rings is 1. The first-order valence-corrected chi connectivity index (χ1v) is 8.42. The average Bonchev–Trinajstić information content (AvgIpc) is 2.99. The van der Waals surface area contributed by atoms with Crippen molar-refractivity contribution in [1.82, 2.24) is 14.1 Å². The lowest BCUT2D eigenvalue weighted by atomic mass is 10.2. The topological polar surface area (TPSA) is 60.1 Å². The number of Topliss-reactive ketones (excluding diaryl/α,β-unsaturated/α-hetero) is 1. The van der Waals surface area contributed by atoms with E-state index in [9.17, 15) is 4.79 Å². The molecule has 0 spiro atoms. The number of hydrogen-bond donors (Lipinski definition) is 1. The third kappa shape index (κ3) is 3.28. The number of hydrogen-bond acceptors (Lipinski definition) is 4. The maximum Gasteiger partial charge on any atom is 0.175 e. The highest BCUT2D eigenvalue weighted by Gasteiger charge is 2.16. The molecule has 0 aliphatic rings. The minimum atomic E-state index is -0.0455. The van der Waals surface area contributed by atoms with Crippen LogP contribution in [0.1, 0.15) is 40.8 Å². The number of carbonyl (C=O) groups excluding carboxylic acids is 1. The van der Waals surface area contributed by atoms with E-state index in [2.05, 4.69) is 16.5 Å². The van der Waals surface area contributed by atoms with Crippen molar-refractivity contribution in [3.63, 3.8) is 0 Å². The molecule has 0 radical (unpaired) electrons. The standard InChI is InChI=1S/C16H23N3O2S/c1-5-6-19-11(2)7-14(12(19)3)15(21)10-22-16-17-8-13(9-20)18(16)4/h7-8,20H,5-6,9-10H2,1-4H3. The maximum atomic E-state index is 12.5. The van der Waals surface area contributed by atoms with Gasteiger partial charge in [-0.15, -0.1) is 0 Å². The van der Waals surface area contributed by atoms with Crippen LogP contribution in [-0.4, -0.2) is 30.8 Å². The summed E-state index contributed by atoms with van der Waals surface area (Å²) >= 11 is 1.41. The Balaban J connectivity index is 2.09. The quantitative estimate of drug-likeness (QED) is 0.629. The van der Waals surface area contributed by atoms with Gasteiger partial charge in [0.2, 0.25) is 0 Å². The van der Waals surface area contributed by atoms with E-state index in [4.69, 9.17) is 5.11 Å². The van der Waals surface area contributed by atoms with Gasteiger partial charge < -0.3 is 14.2 Å². The second-order valence-corrected chi connectivity index (χ2v) is 6.34. The molecule has 2 aromatic rings. The van der Waals surface area contributed by atoms with E-state index in [0.717, 1.165) is 40.8 Å². The van der Waals surface area contributed by atoms with Gasteiger partial charge in [-0.3, -0.25) is 4.79 Å². The summed E-state index contributed by atoms with van der Waals surface area (Å²) < 4.78 is 4.01. The predicted molar refractivity (Wildman–Crippen MR) is 88.4 cm³/mol. The van der Waals surface area contributed by atoms with Crippen LogP contribution in [0, 0.1) is 13.8 Å². The molecule has 0 unspecified atom stereocenters. The Hall–Kier alpha value is -1.53. The van der Waals surface area contributed by atoms with Gasteiger partial charge in [0.05, 0.1) is 24.3 Å². The molecule has 120 valence electrons. The lowest BCUT2D eigenvalue weighted by Crippen LogP contribution is -2.07. The number of aryl methyl sites for hydroxylation is 1. The molecule has 0 atom stereocenters. The normalized spacial score (nSPS) is 11.1. The van der Waals surface area contributed by atoms with E-state index in [-0.39, 0.29) is 12.4 Å². The van der Waals surface area contributed by atoms with Crippen LogP contribution in [0.3, 0.4) is 0 Å². The van der Waals surface area contributed by atoms with Crippen molar-refractivity contribution in [2.45, 2.75) is 45.5 Å². The summed E-state index contributed by atoms with van der Waals surface area (Å²) in [5, 5.41) is 9.92. The van der Waals surface area contributed by atoms with Gasteiger partial charge in [0.25, 0.3) is 0 Å². The summed E-state index contributed by atoms with van der Waals surface area (Å²) in [5.74, 6) is 0.473. The number of rotatable bonds is 7. The third-order valence-electron chi connectivity index (χ3n) is 3.86. The van der Waals surface area contributed by atoms with Crippen LogP contribution in [0.2, 0.25) is 0 Å². The molecule has 2 heterocycles. The highest BCUT2D eigenvalue weighted by atomic mass is 32.2. The van der Waals surface area contributed by atoms with Crippen LogP contribution in [0.4, 0.5) is 0 Å². The van der Waals surface area contributed by atoms with Gasteiger partial charge in [-0.05, 0) is 26.3 Å². The number of ketones is 1. The molecule has 0 amide bonds. The van der Waals surface area contributed by atoms with E-state index in [1.807, 2.05) is 31.5 Å². The monoisotopic (exact) mass is 321 g/mol. The van der Waals surface area contributed by atoms with Gasteiger partial charge in [0, 0.05) is 30.5 Å². The Kier molecular flexibility index (Phi) is 5.47. The molecule has 0 aromatic carbocycles. The summed E-state index contributed by atoms with van der Waals surface area (Å²) in [6.45, 7) is 7.08. The van der Waals surface area contributed by atoms with Crippen molar-refractivity contribution in [3.8, 4) is 0 Å². The number of aliphatic hydroxyl groups is 1. The van der Waals surface area contributed by atoms with E-state index in [0.29, 0.717) is 5.75 Å². The number of aliphatic hydroxyl groups excluding tert-OH is 1. The third-order valence-corrected chi connectivity index (χ3v) is 4.90. The fourth-order valence-electron chi connectivity index (χ4n) is 2.57. The number of nitrogens with zero attached hydrogens (tertiary/aromatic N) is 3. The van der Waals surface area contributed by atoms with E-state index >= 15 is 0 Å². The van der Waals surface area contributed by atoms with Gasteiger partial charge in [0.1, 0.15) is 0 Å². The van der Waals surface area contributed by atoms with E-state index in [1.165, 1.54) is 11.8 Å². The Morgan fingerprint density at radius 3 is 2.73 bits per heavy atom. The molecule has 0 bridgehead atoms. The maximum absolute atomic E-state index is 12.5. The Morgan fingerprint density at radius 2 is 2.14 bits per heavy atom. The van der Waals surface area contributed by atoms with Crippen molar-refractivity contribution in [2.24, 2.45) is 7.05 Å². The fourth-order valence-corrected chi connectivity index (χ4v) is 3.42. The number of aromatic nitrogens is 3. The first kappa shape index (κ1) is 16.8. The number of thioether (sulfide) groups is 1. The highest BCUT2D eigenvalue weighted by molar-refractivity contribution is 7.99. The molecule has 0 aliphatic heterocycles. The summed E-state index contributed by atoms with van der Waals surface area (Å²) in [4.78, 5) is 16.7. The molecule has 22 heavy (non-hydrogen) atoms.